The number of hydrogen-bond acceptors (Lipinski definition) is 6. The van der Waals surface area contributed by atoms with Crippen molar-refractivity contribution in [1.82, 2.24) is 0 Å². The number of carbonyl (C=O) groups excluding carboxylic acids is 2. The van der Waals surface area contributed by atoms with Crippen LogP contribution in [0.1, 0.15) is 87.5 Å². The molecule has 0 fully saturated rings. The lowest BCUT2D eigenvalue weighted by Crippen LogP contribution is -2.24. The average Bonchev–Trinajstić information content (AvgIpc) is 3.17. The number of amides is 1. The fraction of sp³-hybridized carbons (Fsp3) is 0.545. The van der Waals surface area contributed by atoms with Crippen molar-refractivity contribution in [1.29, 1.82) is 0 Å². The fourth-order valence-electron chi connectivity index (χ4n) is 4.63. The fourth-order valence-corrected chi connectivity index (χ4v) is 5.91. The monoisotopic (exact) mass is 417 g/mol. The molecular weight excluding hydrogens is 390 g/mol. The second kappa shape index (κ2) is 7.29. The third-order valence-electron chi connectivity index (χ3n) is 5.98. The van der Waals surface area contributed by atoms with Crippen molar-refractivity contribution in [3.63, 3.8) is 0 Å². The van der Waals surface area contributed by atoms with E-state index in [1.807, 2.05) is 0 Å². The number of aliphatic hydroxyl groups excluding tert-OH is 1. The summed E-state index contributed by atoms with van der Waals surface area (Å²) in [6.45, 7) is 5.96. The lowest BCUT2D eigenvalue weighted by molar-refractivity contribution is 0.0601. The molecule has 2 aromatic heterocycles. The van der Waals surface area contributed by atoms with Gasteiger partial charge in [-0.2, -0.15) is 0 Å². The lowest BCUT2D eigenvalue weighted by atomic mass is 9.75. The van der Waals surface area contributed by atoms with E-state index in [2.05, 4.69) is 19.2 Å². The molecule has 156 valence electrons. The van der Waals surface area contributed by atoms with Crippen LogP contribution in [-0.4, -0.2) is 24.1 Å². The minimum absolute atomic E-state index is 0.0880. The first-order valence-corrected chi connectivity index (χ1v) is 10.9. The van der Waals surface area contributed by atoms with E-state index in [-0.39, 0.29) is 11.2 Å². The van der Waals surface area contributed by atoms with E-state index >= 15 is 0 Å². The van der Waals surface area contributed by atoms with E-state index in [0.717, 1.165) is 41.7 Å². The van der Waals surface area contributed by atoms with Crippen LogP contribution in [0.25, 0.3) is 0 Å². The van der Waals surface area contributed by atoms with Crippen LogP contribution in [0.2, 0.25) is 0 Å². The summed E-state index contributed by atoms with van der Waals surface area (Å²) in [4.78, 5) is 26.6. The van der Waals surface area contributed by atoms with Gasteiger partial charge in [0.05, 0.1) is 18.8 Å². The Hall–Kier alpha value is -2.12. The van der Waals surface area contributed by atoms with Gasteiger partial charge in [0.1, 0.15) is 10.8 Å². The second-order valence-corrected chi connectivity index (χ2v) is 9.92. The Morgan fingerprint density at radius 3 is 2.72 bits per heavy atom. The number of rotatable bonds is 3. The highest BCUT2D eigenvalue weighted by Gasteiger charge is 2.37. The summed E-state index contributed by atoms with van der Waals surface area (Å²) in [5.41, 5.74) is 2.77. The number of methoxy groups -OCH3 is 1. The second-order valence-electron chi connectivity index (χ2n) is 8.81. The number of carbonyl (C=O) groups is 2. The summed E-state index contributed by atoms with van der Waals surface area (Å²) in [6, 6.07) is 0. The number of thiophene rings is 1. The zero-order chi connectivity index (χ0) is 20.9. The van der Waals surface area contributed by atoms with Crippen LogP contribution in [0.5, 0.6) is 0 Å². The van der Waals surface area contributed by atoms with Crippen molar-refractivity contribution >= 4 is 28.2 Å². The number of hydrogen-bond donors (Lipinski definition) is 2. The molecule has 0 aromatic carbocycles. The minimum Gasteiger partial charge on any atom is -0.465 e. The zero-order valence-electron chi connectivity index (χ0n) is 17.3. The van der Waals surface area contributed by atoms with E-state index in [1.165, 1.54) is 18.4 Å². The first-order chi connectivity index (χ1) is 13.7. The molecule has 0 radical (unpaired) electrons. The number of furan rings is 1. The molecule has 1 unspecified atom stereocenters. The van der Waals surface area contributed by atoms with E-state index < -0.39 is 18.0 Å². The molecular formula is C22H27NO5S. The van der Waals surface area contributed by atoms with Gasteiger partial charge in [0.15, 0.2) is 5.76 Å². The maximum Gasteiger partial charge on any atom is 0.341 e. The standard InChI is InChI=1S/C22H27NO5S/c1-11-16-13(24)9-22(2,3)10-14(16)28-18(11)19(25)23-20-17(21(26)27-4)12-7-5-6-8-15(12)29-20/h13,24H,5-10H2,1-4H3,(H,23,25). The maximum atomic E-state index is 13.1. The van der Waals surface area contributed by atoms with Gasteiger partial charge in [0, 0.05) is 22.4 Å². The Bertz CT molecular complexity index is 984. The largest absolute Gasteiger partial charge is 0.465 e. The molecule has 0 saturated carbocycles. The Kier molecular flexibility index (Phi) is 5.07. The molecule has 0 aliphatic heterocycles. The summed E-state index contributed by atoms with van der Waals surface area (Å²) >= 11 is 1.45. The number of aliphatic hydroxyl groups is 1. The molecule has 0 saturated heterocycles. The first-order valence-electron chi connectivity index (χ1n) is 10.1. The van der Waals surface area contributed by atoms with Crippen LogP contribution in [0.4, 0.5) is 5.00 Å². The van der Waals surface area contributed by atoms with Gasteiger partial charge in [0.2, 0.25) is 0 Å². The van der Waals surface area contributed by atoms with Crippen molar-refractivity contribution in [3.8, 4) is 0 Å². The Morgan fingerprint density at radius 1 is 1.28 bits per heavy atom. The predicted octanol–water partition coefficient (Wildman–Crippen LogP) is 4.57. The van der Waals surface area contributed by atoms with Crippen molar-refractivity contribution in [2.45, 2.75) is 65.4 Å². The number of fused-ring (bicyclic) bond motifs is 2. The number of anilines is 1. The Labute approximate surface area is 174 Å². The number of ether oxygens (including phenoxy) is 1. The molecule has 2 aliphatic carbocycles. The van der Waals surface area contributed by atoms with E-state index in [9.17, 15) is 14.7 Å². The molecule has 1 atom stereocenters. The zero-order valence-corrected chi connectivity index (χ0v) is 18.1. The molecule has 6 nitrogen and oxygen atoms in total. The van der Waals surface area contributed by atoms with E-state index in [4.69, 9.17) is 9.15 Å². The van der Waals surface area contributed by atoms with Crippen LogP contribution in [0.3, 0.4) is 0 Å². The highest BCUT2D eigenvalue weighted by molar-refractivity contribution is 7.17. The van der Waals surface area contributed by atoms with Crippen molar-refractivity contribution in [2.75, 3.05) is 12.4 Å². The van der Waals surface area contributed by atoms with E-state index in [1.54, 1.807) is 6.92 Å². The van der Waals surface area contributed by atoms with Gasteiger partial charge >= 0.3 is 5.97 Å². The molecule has 2 aliphatic rings. The summed E-state index contributed by atoms with van der Waals surface area (Å²) in [7, 11) is 1.36. The molecule has 2 aromatic rings. The van der Waals surface area contributed by atoms with Gasteiger partial charge in [0.25, 0.3) is 5.91 Å². The number of nitrogens with one attached hydrogen (secondary N) is 1. The highest BCUT2D eigenvalue weighted by atomic mass is 32.1. The first kappa shape index (κ1) is 20.2. The van der Waals surface area contributed by atoms with Gasteiger partial charge in [-0.1, -0.05) is 13.8 Å². The quantitative estimate of drug-likeness (QED) is 0.714. The average molecular weight is 418 g/mol. The summed E-state index contributed by atoms with van der Waals surface area (Å²) in [5, 5.41) is 14.0. The molecule has 2 N–H and O–H groups in total. The van der Waals surface area contributed by atoms with Gasteiger partial charge in [-0.25, -0.2) is 4.79 Å². The van der Waals surface area contributed by atoms with Crippen molar-refractivity contribution in [3.05, 3.63) is 38.7 Å². The summed E-state index contributed by atoms with van der Waals surface area (Å²) < 4.78 is 10.9. The maximum absolute atomic E-state index is 13.1. The number of aryl methyl sites for hydroxylation is 1. The van der Waals surface area contributed by atoms with E-state index in [0.29, 0.717) is 34.7 Å². The molecule has 2 heterocycles. The van der Waals surface area contributed by atoms with Crippen LogP contribution < -0.4 is 5.32 Å². The molecule has 7 heteroatoms. The normalized spacial score (nSPS) is 20.0. The smallest absolute Gasteiger partial charge is 0.341 e. The molecule has 29 heavy (non-hydrogen) atoms. The highest BCUT2D eigenvalue weighted by Crippen LogP contribution is 2.44. The summed E-state index contributed by atoms with van der Waals surface area (Å²) in [5.74, 6) is 0.0574. The molecule has 1 amide bonds. The Morgan fingerprint density at radius 2 is 2.00 bits per heavy atom. The van der Waals surface area contributed by atoms with Crippen LogP contribution in [0, 0.1) is 12.3 Å². The lowest BCUT2D eigenvalue weighted by Gasteiger charge is -2.31. The third kappa shape index (κ3) is 3.51. The van der Waals surface area contributed by atoms with Crippen LogP contribution in [-0.2, 0) is 24.0 Å². The van der Waals surface area contributed by atoms with Crippen molar-refractivity contribution < 1.29 is 23.8 Å². The van der Waals surface area contributed by atoms with Gasteiger partial charge < -0.3 is 19.6 Å². The topological polar surface area (TPSA) is 88.8 Å². The van der Waals surface area contributed by atoms with Crippen LogP contribution >= 0.6 is 11.3 Å². The number of esters is 1. The summed E-state index contributed by atoms with van der Waals surface area (Å²) in [6.07, 6.45) is 4.51. The van der Waals surface area contributed by atoms with Gasteiger partial charge in [-0.05, 0) is 50.0 Å². The van der Waals surface area contributed by atoms with Crippen molar-refractivity contribution in [2.24, 2.45) is 5.41 Å². The SMILES string of the molecule is COC(=O)c1c(NC(=O)c2oc3c(c2C)C(O)CC(C)(C)C3)sc2c1CCCC2. The predicted molar refractivity (Wildman–Crippen MR) is 111 cm³/mol. The molecule has 4 rings (SSSR count). The van der Waals surface area contributed by atoms with Gasteiger partial charge in [-0.15, -0.1) is 11.3 Å². The molecule has 0 spiro atoms. The van der Waals surface area contributed by atoms with Gasteiger partial charge in [-0.3, -0.25) is 4.79 Å². The Balaban J connectivity index is 1.68. The molecule has 0 bridgehead atoms. The third-order valence-corrected chi connectivity index (χ3v) is 7.19. The minimum atomic E-state index is -0.640. The van der Waals surface area contributed by atoms with Crippen LogP contribution in [0.15, 0.2) is 4.42 Å².